The highest BCUT2D eigenvalue weighted by atomic mass is 32.2. The van der Waals surface area contributed by atoms with E-state index in [2.05, 4.69) is 10.6 Å². The summed E-state index contributed by atoms with van der Waals surface area (Å²) in [6.07, 6.45) is 8.23. The van der Waals surface area contributed by atoms with Crippen LogP contribution in [0.4, 0.5) is 11.4 Å². The molecule has 4 bridgehead atoms. The first-order chi connectivity index (χ1) is 12.4. The van der Waals surface area contributed by atoms with E-state index in [1.54, 1.807) is 0 Å². The van der Waals surface area contributed by atoms with Crippen molar-refractivity contribution in [1.29, 1.82) is 0 Å². The van der Waals surface area contributed by atoms with Gasteiger partial charge in [-0.25, -0.2) is 0 Å². The lowest BCUT2D eigenvalue weighted by molar-refractivity contribution is -0.115. The predicted octanol–water partition coefficient (Wildman–Crippen LogP) is 4.67. The summed E-state index contributed by atoms with van der Waals surface area (Å²) in [7, 11) is 0. The fourth-order valence-electron chi connectivity index (χ4n) is 5.69. The molecule has 26 heavy (non-hydrogen) atoms. The van der Waals surface area contributed by atoms with E-state index < -0.39 is 0 Å². The lowest BCUT2D eigenvalue weighted by Gasteiger charge is -2.57. The number of hydrogen-bond donors (Lipinski definition) is 2. The molecule has 4 fully saturated rings. The highest BCUT2D eigenvalue weighted by molar-refractivity contribution is 8.01. The number of carbonyl (C=O) groups is 2. The second kappa shape index (κ2) is 6.91. The van der Waals surface area contributed by atoms with E-state index in [9.17, 15) is 9.59 Å². The number of rotatable bonds is 5. The zero-order valence-corrected chi connectivity index (χ0v) is 16.4. The Labute approximate surface area is 159 Å². The molecule has 0 heterocycles. The maximum Gasteiger partial charge on any atom is 0.237 e. The van der Waals surface area contributed by atoms with Crippen LogP contribution in [0.1, 0.15) is 52.4 Å². The minimum Gasteiger partial charge on any atom is -0.326 e. The van der Waals surface area contributed by atoms with E-state index in [4.69, 9.17) is 0 Å². The van der Waals surface area contributed by atoms with Crippen molar-refractivity contribution in [3.63, 3.8) is 0 Å². The van der Waals surface area contributed by atoms with Crippen LogP contribution >= 0.6 is 11.8 Å². The number of benzene rings is 1. The topological polar surface area (TPSA) is 58.2 Å². The second-order valence-corrected chi connectivity index (χ2v) is 10.4. The monoisotopic (exact) mass is 372 g/mol. The molecule has 2 N–H and O–H groups in total. The van der Waals surface area contributed by atoms with Gasteiger partial charge in [-0.2, -0.15) is 0 Å². The Kier molecular flexibility index (Phi) is 4.76. The Hall–Kier alpha value is -1.49. The summed E-state index contributed by atoms with van der Waals surface area (Å²) in [4.78, 5) is 23.8. The summed E-state index contributed by atoms with van der Waals surface area (Å²) < 4.78 is 0.348. The number of amides is 2. The van der Waals surface area contributed by atoms with Crippen LogP contribution in [0, 0.1) is 17.8 Å². The summed E-state index contributed by atoms with van der Waals surface area (Å²) in [5, 5.41) is 5.73. The van der Waals surface area contributed by atoms with Crippen LogP contribution in [-0.4, -0.2) is 21.8 Å². The molecule has 4 nitrogen and oxygen atoms in total. The van der Waals surface area contributed by atoms with Crippen LogP contribution in [0.25, 0.3) is 0 Å². The van der Waals surface area contributed by atoms with Gasteiger partial charge in [-0.15, -0.1) is 11.8 Å². The van der Waals surface area contributed by atoms with Gasteiger partial charge < -0.3 is 10.6 Å². The largest absolute Gasteiger partial charge is 0.326 e. The highest BCUT2D eigenvalue weighted by Crippen LogP contribution is 2.61. The Morgan fingerprint density at radius 1 is 0.962 bits per heavy atom. The van der Waals surface area contributed by atoms with Crippen LogP contribution in [0.15, 0.2) is 24.3 Å². The molecule has 1 atom stereocenters. The van der Waals surface area contributed by atoms with E-state index in [1.165, 1.54) is 45.4 Å². The number of hydrogen-bond acceptors (Lipinski definition) is 3. The first-order valence-electron chi connectivity index (χ1n) is 9.77. The minimum absolute atomic E-state index is 0.0405. The molecular weight excluding hydrogens is 344 g/mol. The van der Waals surface area contributed by atoms with Crippen molar-refractivity contribution in [3.8, 4) is 0 Å². The Bertz CT molecular complexity index is 665. The molecule has 5 rings (SSSR count). The van der Waals surface area contributed by atoms with Crippen molar-refractivity contribution in [1.82, 2.24) is 0 Å². The third-order valence-corrected chi connectivity index (χ3v) is 7.82. The van der Waals surface area contributed by atoms with Crippen molar-refractivity contribution in [3.05, 3.63) is 24.3 Å². The van der Waals surface area contributed by atoms with Crippen molar-refractivity contribution in [2.75, 3.05) is 10.6 Å². The molecule has 0 saturated heterocycles. The Balaban J connectivity index is 1.35. The van der Waals surface area contributed by atoms with Gasteiger partial charge in [0.1, 0.15) is 0 Å². The van der Waals surface area contributed by atoms with Crippen LogP contribution in [0.3, 0.4) is 0 Å². The van der Waals surface area contributed by atoms with E-state index in [1.807, 2.05) is 43.0 Å². The number of carbonyl (C=O) groups excluding carboxylic acids is 2. The van der Waals surface area contributed by atoms with E-state index in [0.29, 0.717) is 4.75 Å². The quantitative estimate of drug-likeness (QED) is 0.789. The molecule has 0 spiro atoms. The zero-order chi connectivity index (χ0) is 18.3. The van der Waals surface area contributed by atoms with E-state index in [0.717, 1.165) is 29.1 Å². The number of thioether (sulfide) groups is 1. The molecule has 4 saturated carbocycles. The molecule has 140 valence electrons. The summed E-state index contributed by atoms with van der Waals surface area (Å²) in [5.41, 5.74) is 1.52. The average molecular weight is 373 g/mol. The van der Waals surface area contributed by atoms with E-state index >= 15 is 0 Å². The molecule has 4 aliphatic carbocycles. The fraction of sp³-hybridized carbons (Fsp3) is 0.619. The van der Waals surface area contributed by atoms with Crippen molar-refractivity contribution in [2.45, 2.75) is 62.4 Å². The summed E-state index contributed by atoms with van der Waals surface area (Å²) in [5.74, 6) is 2.71. The molecule has 5 heteroatoms. The van der Waals surface area contributed by atoms with Gasteiger partial charge in [0.25, 0.3) is 0 Å². The van der Waals surface area contributed by atoms with Gasteiger partial charge in [-0.05, 0) is 87.5 Å². The fourth-order valence-corrected chi connectivity index (χ4v) is 7.60. The Morgan fingerprint density at radius 2 is 1.42 bits per heavy atom. The second-order valence-electron chi connectivity index (χ2n) is 8.61. The first-order valence-corrected chi connectivity index (χ1v) is 10.7. The van der Waals surface area contributed by atoms with Gasteiger partial charge in [0, 0.05) is 23.0 Å². The van der Waals surface area contributed by atoms with Crippen molar-refractivity contribution >= 4 is 35.0 Å². The third kappa shape index (κ3) is 3.78. The molecule has 1 aromatic rings. The molecule has 4 aliphatic rings. The Morgan fingerprint density at radius 3 is 1.88 bits per heavy atom. The van der Waals surface area contributed by atoms with Crippen LogP contribution in [0.2, 0.25) is 0 Å². The van der Waals surface area contributed by atoms with Crippen LogP contribution in [0.5, 0.6) is 0 Å². The molecule has 0 aliphatic heterocycles. The SMILES string of the molecule is CC(=O)Nc1ccc(NC(=O)[C@H](C)SC23CC4CC(CC(C4)C2)C3)cc1. The van der Waals surface area contributed by atoms with Crippen LogP contribution in [-0.2, 0) is 9.59 Å². The lowest BCUT2D eigenvalue weighted by atomic mass is 9.56. The molecule has 0 radical (unpaired) electrons. The van der Waals surface area contributed by atoms with Crippen LogP contribution < -0.4 is 10.6 Å². The third-order valence-electron chi connectivity index (χ3n) is 6.25. The predicted molar refractivity (Wildman–Crippen MR) is 107 cm³/mol. The summed E-state index contributed by atoms with van der Waals surface area (Å²) >= 11 is 1.93. The van der Waals surface area contributed by atoms with Gasteiger partial charge in [0.05, 0.1) is 5.25 Å². The highest BCUT2D eigenvalue weighted by Gasteiger charge is 2.52. The zero-order valence-electron chi connectivity index (χ0n) is 15.6. The first kappa shape index (κ1) is 17.9. The normalized spacial score (nSPS) is 32.9. The summed E-state index contributed by atoms with van der Waals surface area (Å²) in [6.45, 7) is 3.53. The van der Waals surface area contributed by atoms with Gasteiger partial charge in [0.2, 0.25) is 11.8 Å². The number of nitrogens with one attached hydrogen (secondary N) is 2. The van der Waals surface area contributed by atoms with Gasteiger partial charge >= 0.3 is 0 Å². The van der Waals surface area contributed by atoms with Gasteiger partial charge in [0.15, 0.2) is 0 Å². The standard InChI is InChI=1S/C21H28N2O2S/c1-13(20(25)23-19-5-3-18(4-6-19)22-14(2)24)26-21-10-15-7-16(11-21)9-17(8-15)12-21/h3-6,13,15-17H,7-12H2,1-2H3,(H,22,24)(H,23,25)/t13-,15?,16?,17?,21?/m0/s1. The lowest BCUT2D eigenvalue weighted by Crippen LogP contribution is -2.49. The molecule has 0 unspecified atom stereocenters. The number of anilines is 2. The summed E-state index contributed by atoms with van der Waals surface area (Å²) in [6, 6.07) is 7.30. The maximum absolute atomic E-state index is 12.7. The molecule has 1 aromatic carbocycles. The van der Waals surface area contributed by atoms with E-state index in [-0.39, 0.29) is 17.1 Å². The molecule has 0 aromatic heterocycles. The van der Waals surface area contributed by atoms with Gasteiger partial charge in [-0.3, -0.25) is 9.59 Å². The average Bonchev–Trinajstić information content (AvgIpc) is 2.54. The smallest absolute Gasteiger partial charge is 0.237 e. The molecule has 2 amide bonds. The van der Waals surface area contributed by atoms with Gasteiger partial charge in [-0.1, -0.05) is 0 Å². The minimum atomic E-state index is -0.0950. The maximum atomic E-state index is 12.7. The van der Waals surface area contributed by atoms with Crippen molar-refractivity contribution < 1.29 is 9.59 Å². The molecular formula is C21H28N2O2S. The van der Waals surface area contributed by atoms with Crippen molar-refractivity contribution in [2.24, 2.45) is 17.8 Å².